The van der Waals surface area contributed by atoms with Gasteiger partial charge in [-0.2, -0.15) is 0 Å². The highest BCUT2D eigenvalue weighted by molar-refractivity contribution is 5.79. The zero-order valence-corrected chi connectivity index (χ0v) is 9.74. The van der Waals surface area contributed by atoms with Crippen molar-refractivity contribution in [2.75, 3.05) is 26.3 Å². The van der Waals surface area contributed by atoms with Crippen LogP contribution >= 0.6 is 0 Å². The van der Waals surface area contributed by atoms with Gasteiger partial charge >= 0.3 is 0 Å². The average molecular weight is 214 g/mol. The SMILES string of the molecule is CC(C)N(CCN)C(=O)C1CCOCC1. The van der Waals surface area contributed by atoms with Crippen molar-refractivity contribution in [1.82, 2.24) is 4.90 Å². The van der Waals surface area contributed by atoms with Crippen LogP contribution in [-0.2, 0) is 9.53 Å². The fourth-order valence-corrected chi connectivity index (χ4v) is 1.94. The Morgan fingerprint density at radius 2 is 2.07 bits per heavy atom. The van der Waals surface area contributed by atoms with E-state index in [0.717, 1.165) is 12.8 Å². The van der Waals surface area contributed by atoms with Gasteiger partial charge in [0.15, 0.2) is 0 Å². The molecule has 2 N–H and O–H groups in total. The molecule has 1 saturated heterocycles. The van der Waals surface area contributed by atoms with Crippen molar-refractivity contribution in [3.63, 3.8) is 0 Å². The van der Waals surface area contributed by atoms with Crippen LogP contribution in [0.1, 0.15) is 26.7 Å². The van der Waals surface area contributed by atoms with E-state index in [1.54, 1.807) is 0 Å². The molecule has 0 atom stereocenters. The van der Waals surface area contributed by atoms with Crippen molar-refractivity contribution in [1.29, 1.82) is 0 Å². The Morgan fingerprint density at radius 3 is 2.53 bits per heavy atom. The van der Waals surface area contributed by atoms with E-state index in [0.29, 0.717) is 26.3 Å². The van der Waals surface area contributed by atoms with Crippen molar-refractivity contribution in [2.24, 2.45) is 11.7 Å². The lowest BCUT2D eigenvalue weighted by Crippen LogP contribution is -2.44. The Labute approximate surface area is 91.8 Å². The molecule has 4 heteroatoms. The number of hydrogen-bond donors (Lipinski definition) is 1. The van der Waals surface area contributed by atoms with Gasteiger partial charge < -0.3 is 15.4 Å². The van der Waals surface area contributed by atoms with Crippen LogP contribution in [0.15, 0.2) is 0 Å². The Bertz CT molecular complexity index is 201. The molecular formula is C11H22N2O2. The van der Waals surface area contributed by atoms with E-state index < -0.39 is 0 Å². The molecule has 0 aliphatic carbocycles. The number of nitrogens with two attached hydrogens (primary N) is 1. The van der Waals surface area contributed by atoms with Gasteiger partial charge in [-0.05, 0) is 26.7 Å². The minimum Gasteiger partial charge on any atom is -0.381 e. The van der Waals surface area contributed by atoms with Crippen molar-refractivity contribution in [2.45, 2.75) is 32.7 Å². The fourth-order valence-electron chi connectivity index (χ4n) is 1.94. The molecule has 0 aromatic carbocycles. The van der Waals surface area contributed by atoms with Crippen LogP contribution in [-0.4, -0.2) is 43.2 Å². The summed E-state index contributed by atoms with van der Waals surface area (Å²) < 4.78 is 5.25. The second-order valence-electron chi connectivity index (χ2n) is 4.30. The summed E-state index contributed by atoms with van der Waals surface area (Å²) in [6.45, 7) is 6.69. The average Bonchev–Trinajstić information content (AvgIpc) is 2.26. The molecule has 0 unspecified atom stereocenters. The van der Waals surface area contributed by atoms with Gasteiger partial charge in [0.1, 0.15) is 0 Å². The summed E-state index contributed by atoms with van der Waals surface area (Å²) in [5, 5.41) is 0. The van der Waals surface area contributed by atoms with Gasteiger partial charge in [-0.25, -0.2) is 0 Å². The highest BCUT2D eigenvalue weighted by Gasteiger charge is 2.27. The van der Waals surface area contributed by atoms with E-state index in [-0.39, 0.29) is 17.9 Å². The standard InChI is InChI=1S/C11H22N2O2/c1-9(2)13(6-5-12)11(14)10-3-7-15-8-4-10/h9-10H,3-8,12H2,1-2H3. The topological polar surface area (TPSA) is 55.6 Å². The third-order valence-corrected chi connectivity index (χ3v) is 2.85. The number of carbonyl (C=O) groups excluding carboxylic acids is 1. The molecule has 0 spiro atoms. The number of hydrogen-bond acceptors (Lipinski definition) is 3. The first kappa shape index (κ1) is 12.5. The van der Waals surface area contributed by atoms with Crippen molar-refractivity contribution in [3.8, 4) is 0 Å². The molecular weight excluding hydrogens is 192 g/mol. The Morgan fingerprint density at radius 1 is 1.47 bits per heavy atom. The monoisotopic (exact) mass is 214 g/mol. The predicted molar refractivity (Wildman–Crippen MR) is 59.4 cm³/mol. The third kappa shape index (κ3) is 3.47. The first-order chi connectivity index (χ1) is 7.16. The van der Waals surface area contributed by atoms with E-state index in [9.17, 15) is 4.79 Å². The largest absolute Gasteiger partial charge is 0.381 e. The van der Waals surface area contributed by atoms with Crippen LogP contribution in [0, 0.1) is 5.92 Å². The lowest BCUT2D eigenvalue weighted by molar-refractivity contribution is -0.140. The van der Waals surface area contributed by atoms with E-state index in [1.165, 1.54) is 0 Å². The van der Waals surface area contributed by atoms with E-state index in [4.69, 9.17) is 10.5 Å². The molecule has 4 nitrogen and oxygen atoms in total. The van der Waals surface area contributed by atoms with Crippen molar-refractivity contribution in [3.05, 3.63) is 0 Å². The molecule has 1 aliphatic heterocycles. The maximum atomic E-state index is 12.1. The summed E-state index contributed by atoms with van der Waals surface area (Å²) in [6.07, 6.45) is 1.71. The lowest BCUT2D eigenvalue weighted by atomic mass is 9.98. The summed E-state index contributed by atoms with van der Waals surface area (Å²) >= 11 is 0. The Balaban J connectivity index is 2.53. The van der Waals surface area contributed by atoms with Gasteiger partial charge in [0.2, 0.25) is 5.91 Å². The molecule has 0 bridgehead atoms. The Kier molecular flexibility index (Phi) is 5.05. The molecule has 0 aromatic heterocycles. The molecule has 0 radical (unpaired) electrons. The molecule has 1 heterocycles. The third-order valence-electron chi connectivity index (χ3n) is 2.85. The van der Waals surface area contributed by atoms with Crippen LogP contribution in [0.4, 0.5) is 0 Å². The summed E-state index contributed by atoms with van der Waals surface area (Å²) in [4.78, 5) is 14.0. The second-order valence-corrected chi connectivity index (χ2v) is 4.30. The van der Waals surface area contributed by atoms with Crippen molar-refractivity contribution < 1.29 is 9.53 Å². The fraction of sp³-hybridized carbons (Fsp3) is 0.909. The van der Waals surface area contributed by atoms with Gasteiger partial charge in [0, 0.05) is 38.3 Å². The molecule has 0 saturated carbocycles. The zero-order valence-electron chi connectivity index (χ0n) is 9.74. The maximum absolute atomic E-state index is 12.1. The van der Waals surface area contributed by atoms with Crippen LogP contribution in [0.5, 0.6) is 0 Å². The van der Waals surface area contributed by atoms with Gasteiger partial charge in [0.05, 0.1) is 0 Å². The normalized spacial score (nSPS) is 18.1. The first-order valence-electron chi connectivity index (χ1n) is 5.75. The molecule has 1 amide bonds. The van der Waals surface area contributed by atoms with Crippen LogP contribution in [0.3, 0.4) is 0 Å². The summed E-state index contributed by atoms with van der Waals surface area (Å²) in [5.41, 5.74) is 5.52. The maximum Gasteiger partial charge on any atom is 0.226 e. The number of carbonyl (C=O) groups is 1. The van der Waals surface area contributed by atoms with Crippen LogP contribution in [0.2, 0.25) is 0 Å². The van der Waals surface area contributed by atoms with Gasteiger partial charge in [0.25, 0.3) is 0 Å². The lowest BCUT2D eigenvalue weighted by Gasteiger charge is -2.31. The van der Waals surface area contributed by atoms with Gasteiger partial charge in [-0.3, -0.25) is 4.79 Å². The molecule has 88 valence electrons. The van der Waals surface area contributed by atoms with Crippen LogP contribution < -0.4 is 5.73 Å². The van der Waals surface area contributed by atoms with Gasteiger partial charge in [-0.15, -0.1) is 0 Å². The summed E-state index contributed by atoms with van der Waals surface area (Å²) in [7, 11) is 0. The number of nitrogens with zero attached hydrogens (tertiary/aromatic N) is 1. The van der Waals surface area contributed by atoms with Crippen molar-refractivity contribution >= 4 is 5.91 Å². The molecule has 1 fully saturated rings. The summed E-state index contributed by atoms with van der Waals surface area (Å²) in [6, 6.07) is 0.240. The molecule has 0 aromatic rings. The highest BCUT2D eigenvalue weighted by atomic mass is 16.5. The van der Waals surface area contributed by atoms with E-state index in [1.807, 2.05) is 18.7 Å². The summed E-state index contributed by atoms with van der Waals surface area (Å²) in [5.74, 6) is 0.395. The van der Waals surface area contributed by atoms with Crippen LogP contribution in [0.25, 0.3) is 0 Å². The minimum atomic E-state index is 0.146. The second kappa shape index (κ2) is 6.08. The predicted octanol–water partition coefficient (Wildman–Crippen LogP) is 0.609. The first-order valence-corrected chi connectivity index (χ1v) is 5.75. The van der Waals surface area contributed by atoms with E-state index >= 15 is 0 Å². The quantitative estimate of drug-likeness (QED) is 0.746. The Hall–Kier alpha value is -0.610. The zero-order chi connectivity index (χ0) is 11.3. The number of rotatable bonds is 4. The minimum absolute atomic E-state index is 0.146. The number of ether oxygens (including phenoxy) is 1. The molecule has 15 heavy (non-hydrogen) atoms. The highest BCUT2D eigenvalue weighted by Crippen LogP contribution is 2.18. The smallest absolute Gasteiger partial charge is 0.226 e. The number of amides is 1. The molecule has 1 rings (SSSR count). The van der Waals surface area contributed by atoms with Gasteiger partial charge in [-0.1, -0.05) is 0 Å². The molecule has 1 aliphatic rings. The van der Waals surface area contributed by atoms with E-state index in [2.05, 4.69) is 0 Å².